The first-order valence-corrected chi connectivity index (χ1v) is 7.75. The van der Waals surface area contributed by atoms with Crippen molar-refractivity contribution in [3.8, 4) is 0 Å². The molecule has 0 saturated heterocycles. The van der Waals surface area contributed by atoms with Crippen molar-refractivity contribution in [1.82, 2.24) is 5.32 Å². The van der Waals surface area contributed by atoms with Crippen LogP contribution in [-0.2, 0) is 0 Å². The first-order chi connectivity index (χ1) is 11.0. The van der Waals surface area contributed by atoms with Gasteiger partial charge in [0.1, 0.15) is 0 Å². The maximum atomic E-state index is 12.0. The summed E-state index contributed by atoms with van der Waals surface area (Å²) in [6, 6.07) is 12.3. The number of anilines is 1. The monoisotopic (exact) mass is 330 g/mol. The van der Waals surface area contributed by atoms with E-state index in [1.54, 1.807) is 30.3 Å². The maximum Gasteiger partial charge on any atom is 0.319 e. The largest absolute Gasteiger partial charge is 0.337 e. The van der Waals surface area contributed by atoms with Gasteiger partial charge in [-0.05, 0) is 31.5 Å². The quantitative estimate of drug-likeness (QED) is 0.801. The van der Waals surface area contributed by atoms with Crippen molar-refractivity contribution < 1.29 is 9.59 Å². The number of rotatable bonds is 5. The van der Waals surface area contributed by atoms with E-state index in [0.717, 1.165) is 11.1 Å². The van der Waals surface area contributed by atoms with Gasteiger partial charge in [0, 0.05) is 29.2 Å². The molecule has 0 aliphatic heterocycles. The molecule has 2 rings (SSSR count). The van der Waals surface area contributed by atoms with Crippen LogP contribution in [0.25, 0.3) is 0 Å². The van der Waals surface area contributed by atoms with E-state index in [4.69, 9.17) is 11.6 Å². The van der Waals surface area contributed by atoms with Gasteiger partial charge in [-0.2, -0.15) is 0 Å². The van der Waals surface area contributed by atoms with Crippen molar-refractivity contribution in [3.63, 3.8) is 0 Å². The van der Waals surface area contributed by atoms with Crippen molar-refractivity contribution in [2.24, 2.45) is 0 Å². The van der Waals surface area contributed by atoms with Gasteiger partial charge in [0.05, 0.1) is 0 Å². The van der Waals surface area contributed by atoms with Gasteiger partial charge in [-0.15, -0.1) is 0 Å². The molecule has 2 aromatic rings. The minimum Gasteiger partial charge on any atom is -0.337 e. The second-order valence-electron chi connectivity index (χ2n) is 5.33. The Labute approximate surface area is 140 Å². The second kappa shape index (κ2) is 7.79. The van der Waals surface area contributed by atoms with E-state index in [1.165, 1.54) is 0 Å². The molecule has 4 nitrogen and oxygen atoms in total. The SMILES string of the molecule is Cc1ccc(C(=O)CCNC(=O)Nc2cccc(Cl)c2C)cc1. The number of hydrogen-bond acceptors (Lipinski definition) is 2. The van der Waals surface area contributed by atoms with Crippen molar-refractivity contribution in [3.05, 3.63) is 64.2 Å². The molecule has 5 heteroatoms. The predicted octanol–water partition coefficient (Wildman–Crippen LogP) is 4.35. The molecule has 2 aromatic carbocycles. The summed E-state index contributed by atoms with van der Waals surface area (Å²) in [6.45, 7) is 4.08. The summed E-state index contributed by atoms with van der Waals surface area (Å²) in [5, 5.41) is 6.00. The zero-order valence-electron chi connectivity index (χ0n) is 13.2. The Hall–Kier alpha value is -2.33. The number of nitrogens with one attached hydrogen (secondary N) is 2. The van der Waals surface area contributed by atoms with Crippen LogP contribution in [0.5, 0.6) is 0 Å². The van der Waals surface area contributed by atoms with Gasteiger partial charge < -0.3 is 10.6 Å². The number of carbonyl (C=O) groups excluding carboxylic acids is 2. The van der Waals surface area contributed by atoms with E-state index in [9.17, 15) is 9.59 Å². The maximum absolute atomic E-state index is 12.0. The summed E-state index contributed by atoms with van der Waals surface area (Å²) < 4.78 is 0. The highest BCUT2D eigenvalue weighted by atomic mass is 35.5. The number of carbonyl (C=O) groups is 2. The average molecular weight is 331 g/mol. The number of hydrogen-bond donors (Lipinski definition) is 2. The van der Waals surface area contributed by atoms with Gasteiger partial charge in [0.2, 0.25) is 0 Å². The van der Waals surface area contributed by atoms with E-state index in [2.05, 4.69) is 10.6 Å². The molecule has 0 atom stereocenters. The molecule has 120 valence electrons. The highest BCUT2D eigenvalue weighted by Crippen LogP contribution is 2.22. The van der Waals surface area contributed by atoms with E-state index in [1.807, 2.05) is 26.0 Å². The first kappa shape index (κ1) is 17.0. The lowest BCUT2D eigenvalue weighted by Crippen LogP contribution is -2.30. The van der Waals surface area contributed by atoms with Crippen LogP contribution in [0, 0.1) is 13.8 Å². The Balaban J connectivity index is 1.82. The van der Waals surface area contributed by atoms with Crippen molar-refractivity contribution in [2.45, 2.75) is 20.3 Å². The normalized spacial score (nSPS) is 10.2. The summed E-state index contributed by atoms with van der Waals surface area (Å²) in [6.07, 6.45) is 0.255. The van der Waals surface area contributed by atoms with Crippen LogP contribution in [0.2, 0.25) is 5.02 Å². The third-order valence-electron chi connectivity index (χ3n) is 3.53. The summed E-state index contributed by atoms with van der Waals surface area (Å²) in [7, 11) is 0. The van der Waals surface area contributed by atoms with E-state index in [-0.39, 0.29) is 24.8 Å². The van der Waals surface area contributed by atoms with Gasteiger partial charge in [-0.3, -0.25) is 4.79 Å². The van der Waals surface area contributed by atoms with Gasteiger partial charge in [0.25, 0.3) is 0 Å². The number of Topliss-reactive ketones (excluding diaryl/α,β-unsaturated/α-hetero) is 1. The molecule has 0 spiro atoms. The summed E-state index contributed by atoms with van der Waals surface area (Å²) in [5.74, 6) is 0.00392. The third-order valence-corrected chi connectivity index (χ3v) is 3.94. The van der Waals surface area contributed by atoms with Crippen LogP contribution in [0.4, 0.5) is 10.5 Å². The molecular formula is C18H19ClN2O2. The molecule has 0 aliphatic rings. The van der Waals surface area contributed by atoms with Crippen LogP contribution < -0.4 is 10.6 Å². The van der Waals surface area contributed by atoms with Gasteiger partial charge >= 0.3 is 6.03 Å². The number of ketones is 1. The topological polar surface area (TPSA) is 58.2 Å². The number of halogens is 1. The van der Waals surface area contributed by atoms with Crippen LogP contribution in [0.1, 0.15) is 27.9 Å². The number of amides is 2. The van der Waals surface area contributed by atoms with E-state index in [0.29, 0.717) is 16.3 Å². The minimum absolute atomic E-state index is 0.00392. The number of benzene rings is 2. The van der Waals surface area contributed by atoms with Gasteiger partial charge in [-0.1, -0.05) is 47.5 Å². The van der Waals surface area contributed by atoms with Crippen LogP contribution in [0.15, 0.2) is 42.5 Å². The molecule has 23 heavy (non-hydrogen) atoms. The Morgan fingerprint density at radius 3 is 2.43 bits per heavy atom. The average Bonchev–Trinajstić information content (AvgIpc) is 2.52. The molecule has 0 bridgehead atoms. The molecule has 0 fully saturated rings. The highest BCUT2D eigenvalue weighted by molar-refractivity contribution is 6.31. The molecule has 2 N–H and O–H groups in total. The molecular weight excluding hydrogens is 312 g/mol. The van der Waals surface area contributed by atoms with Crippen molar-refractivity contribution in [1.29, 1.82) is 0 Å². The third kappa shape index (κ3) is 4.83. The van der Waals surface area contributed by atoms with Crippen LogP contribution in [0.3, 0.4) is 0 Å². The smallest absolute Gasteiger partial charge is 0.319 e. The first-order valence-electron chi connectivity index (χ1n) is 7.37. The summed E-state index contributed by atoms with van der Waals surface area (Å²) in [5.41, 5.74) is 3.22. The Morgan fingerprint density at radius 2 is 1.74 bits per heavy atom. The molecule has 2 amide bonds. The van der Waals surface area contributed by atoms with Gasteiger partial charge in [0.15, 0.2) is 5.78 Å². The predicted molar refractivity (Wildman–Crippen MR) is 93.3 cm³/mol. The standard InChI is InChI=1S/C18H19ClN2O2/c1-12-6-8-14(9-7-12)17(22)10-11-20-18(23)21-16-5-3-4-15(19)13(16)2/h3-9H,10-11H2,1-2H3,(H2,20,21,23). The fraction of sp³-hybridized carbons (Fsp3) is 0.222. The Bertz CT molecular complexity index is 711. The lowest BCUT2D eigenvalue weighted by atomic mass is 10.1. The Morgan fingerprint density at radius 1 is 1.04 bits per heavy atom. The molecule has 0 aliphatic carbocycles. The fourth-order valence-corrected chi connectivity index (χ4v) is 2.26. The van der Waals surface area contributed by atoms with Gasteiger partial charge in [-0.25, -0.2) is 4.79 Å². The number of urea groups is 1. The molecule has 0 heterocycles. The van der Waals surface area contributed by atoms with Crippen LogP contribution in [-0.4, -0.2) is 18.4 Å². The minimum atomic E-state index is -0.355. The summed E-state index contributed by atoms with van der Waals surface area (Å²) in [4.78, 5) is 23.9. The van der Waals surface area contributed by atoms with E-state index >= 15 is 0 Å². The fourth-order valence-electron chi connectivity index (χ4n) is 2.08. The number of aryl methyl sites for hydroxylation is 1. The second-order valence-corrected chi connectivity index (χ2v) is 5.74. The molecule has 0 aromatic heterocycles. The lowest BCUT2D eigenvalue weighted by Gasteiger charge is -2.10. The molecule has 0 radical (unpaired) electrons. The molecule has 0 unspecified atom stereocenters. The van der Waals surface area contributed by atoms with Crippen molar-refractivity contribution >= 4 is 29.1 Å². The van der Waals surface area contributed by atoms with E-state index < -0.39 is 0 Å². The Kier molecular flexibility index (Phi) is 5.77. The lowest BCUT2D eigenvalue weighted by molar-refractivity contribution is 0.0984. The van der Waals surface area contributed by atoms with Crippen LogP contribution >= 0.6 is 11.6 Å². The highest BCUT2D eigenvalue weighted by Gasteiger charge is 2.08. The zero-order valence-corrected chi connectivity index (χ0v) is 13.9. The summed E-state index contributed by atoms with van der Waals surface area (Å²) >= 11 is 6.01. The van der Waals surface area contributed by atoms with Crippen molar-refractivity contribution in [2.75, 3.05) is 11.9 Å². The molecule has 0 saturated carbocycles. The zero-order chi connectivity index (χ0) is 16.8.